The van der Waals surface area contributed by atoms with Crippen molar-refractivity contribution in [2.24, 2.45) is 0 Å². The number of ether oxygens (including phenoxy) is 1. The van der Waals surface area contributed by atoms with Crippen LogP contribution in [0.4, 0.5) is 5.69 Å². The van der Waals surface area contributed by atoms with Crippen LogP contribution in [-0.2, 0) is 21.4 Å². The molecule has 0 saturated carbocycles. The minimum atomic E-state index is -4.03. The summed E-state index contributed by atoms with van der Waals surface area (Å²) in [5.41, 5.74) is 1.20. The maximum Gasteiger partial charge on any atom is 0.264 e. The SMILES string of the molecule is COc1ccc(N(CC(=O)NCc2cccc3ccccc23)S(=O)(=O)c2ccccc2)cc1Cl. The van der Waals surface area contributed by atoms with E-state index >= 15 is 0 Å². The first-order valence-electron chi connectivity index (χ1n) is 10.5. The van der Waals surface area contributed by atoms with Crippen LogP contribution < -0.4 is 14.4 Å². The van der Waals surface area contributed by atoms with Gasteiger partial charge in [0.1, 0.15) is 12.3 Å². The molecule has 1 amide bonds. The van der Waals surface area contributed by atoms with Gasteiger partial charge in [0, 0.05) is 6.54 Å². The van der Waals surface area contributed by atoms with Crippen LogP contribution in [0.5, 0.6) is 5.75 Å². The number of hydrogen-bond acceptors (Lipinski definition) is 4. The molecule has 0 saturated heterocycles. The smallest absolute Gasteiger partial charge is 0.264 e. The number of anilines is 1. The van der Waals surface area contributed by atoms with Gasteiger partial charge in [-0.25, -0.2) is 8.42 Å². The van der Waals surface area contributed by atoms with Crippen LogP contribution in [0.25, 0.3) is 10.8 Å². The van der Waals surface area contributed by atoms with Gasteiger partial charge in [-0.2, -0.15) is 0 Å². The zero-order valence-electron chi connectivity index (χ0n) is 18.4. The van der Waals surface area contributed by atoms with E-state index in [1.807, 2.05) is 42.5 Å². The Morgan fingerprint density at radius 2 is 1.65 bits per heavy atom. The second-order valence-electron chi connectivity index (χ2n) is 7.56. The van der Waals surface area contributed by atoms with Gasteiger partial charge in [0.25, 0.3) is 10.0 Å². The molecule has 0 spiro atoms. The first-order chi connectivity index (χ1) is 16.4. The maximum atomic E-state index is 13.5. The van der Waals surface area contributed by atoms with Gasteiger partial charge < -0.3 is 10.1 Å². The van der Waals surface area contributed by atoms with Gasteiger partial charge >= 0.3 is 0 Å². The van der Waals surface area contributed by atoms with Crippen molar-refractivity contribution in [2.45, 2.75) is 11.4 Å². The van der Waals surface area contributed by atoms with E-state index in [0.717, 1.165) is 20.6 Å². The molecule has 6 nitrogen and oxygen atoms in total. The minimum Gasteiger partial charge on any atom is -0.495 e. The minimum absolute atomic E-state index is 0.0730. The van der Waals surface area contributed by atoms with Crippen molar-refractivity contribution in [3.8, 4) is 5.75 Å². The monoisotopic (exact) mass is 494 g/mol. The molecule has 4 aromatic carbocycles. The van der Waals surface area contributed by atoms with E-state index < -0.39 is 22.5 Å². The molecule has 4 aromatic rings. The summed E-state index contributed by atoms with van der Waals surface area (Å²) < 4.78 is 33.1. The van der Waals surface area contributed by atoms with Gasteiger partial charge in [0.05, 0.1) is 22.7 Å². The van der Waals surface area contributed by atoms with Crippen molar-refractivity contribution in [1.29, 1.82) is 0 Å². The number of carbonyl (C=O) groups excluding carboxylic acids is 1. The maximum absolute atomic E-state index is 13.5. The molecule has 0 radical (unpaired) electrons. The topological polar surface area (TPSA) is 75.7 Å². The summed E-state index contributed by atoms with van der Waals surface area (Å²) in [7, 11) is -2.56. The summed E-state index contributed by atoms with van der Waals surface area (Å²) >= 11 is 6.26. The Morgan fingerprint density at radius 3 is 2.38 bits per heavy atom. The molecule has 0 unspecified atom stereocenters. The number of methoxy groups -OCH3 is 1. The number of amides is 1. The van der Waals surface area contributed by atoms with Crippen molar-refractivity contribution in [3.63, 3.8) is 0 Å². The van der Waals surface area contributed by atoms with Crippen molar-refractivity contribution in [1.82, 2.24) is 5.32 Å². The third-order valence-corrected chi connectivity index (χ3v) is 7.48. The lowest BCUT2D eigenvalue weighted by molar-refractivity contribution is -0.119. The fraction of sp³-hybridized carbons (Fsp3) is 0.115. The molecule has 0 fully saturated rings. The highest BCUT2D eigenvalue weighted by Crippen LogP contribution is 2.31. The molecule has 0 aliphatic heterocycles. The van der Waals surface area contributed by atoms with E-state index in [0.29, 0.717) is 5.75 Å². The van der Waals surface area contributed by atoms with E-state index in [-0.39, 0.29) is 22.2 Å². The van der Waals surface area contributed by atoms with Crippen LogP contribution in [0.1, 0.15) is 5.56 Å². The number of hydrogen-bond donors (Lipinski definition) is 1. The van der Waals surface area contributed by atoms with Crippen LogP contribution >= 0.6 is 11.6 Å². The summed E-state index contributed by atoms with van der Waals surface area (Å²) in [4.78, 5) is 13.0. The number of benzene rings is 4. The molecule has 0 aliphatic carbocycles. The van der Waals surface area contributed by atoms with E-state index in [1.165, 1.54) is 25.3 Å². The predicted octanol–water partition coefficient (Wildman–Crippen LogP) is 5.01. The van der Waals surface area contributed by atoms with E-state index in [2.05, 4.69) is 5.32 Å². The number of carbonyl (C=O) groups is 1. The van der Waals surface area contributed by atoms with Crippen LogP contribution in [0.3, 0.4) is 0 Å². The Balaban J connectivity index is 1.61. The number of sulfonamides is 1. The second kappa shape index (κ2) is 10.2. The highest BCUT2D eigenvalue weighted by molar-refractivity contribution is 7.92. The zero-order valence-corrected chi connectivity index (χ0v) is 20.0. The lowest BCUT2D eigenvalue weighted by Crippen LogP contribution is -2.40. The lowest BCUT2D eigenvalue weighted by Gasteiger charge is -2.24. The Labute approximate surface area is 203 Å². The van der Waals surface area contributed by atoms with Gasteiger partial charge in [-0.1, -0.05) is 72.3 Å². The Morgan fingerprint density at radius 1 is 0.941 bits per heavy atom. The Hall–Kier alpha value is -3.55. The summed E-state index contributed by atoms with van der Waals surface area (Å²) in [6.45, 7) is -0.145. The average Bonchev–Trinajstić information content (AvgIpc) is 2.86. The number of halogens is 1. The predicted molar refractivity (Wildman–Crippen MR) is 135 cm³/mol. The highest BCUT2D eigenvalue weighted by Gasteiger charge is 2.27. The first kappa shape index (κ1) is 23.6. The molecule has 1 N–H and O–H groups in total. The number of nitrogens with one attached hydrogen (secondary N) is 1. The van der Waals surface area contributed by atoms with E-state index in [1.54, 1.807) is 30.3 Å². The molecule has 174 valence electrons. The fourth-order valence-electron chi connectivity index (χ4n) is 3.67. The van der Waals surface area contributed by atoms with Crippen LogP contribution in [0.15, 0.2) is 95.9 Å². The van der Waals surface area contributed by atoms with Crippen molar-refractivity contribution >= 4 is 44.0 Å². The number of fused-ring (bicyclic) bond motifs is 1. The first-order valence-corrected chi connectivity index (χ1v) is 12.4. The van der Waals surface area contributed by atoms with Gasteiger partial charge in [-0.05, 0) is 46.7 Å². The number of nitrogens with zero attached hydrogens (tertiary/aromatic N) is 1. The molecule has 0 atom stereocenters. The molecule has 0 bridgehead atoms. The van der Waals surface area contributed by atoms with Gasteiger partial charge in [0.15, 0.2) is 0 Å². The third-order valence-electron chi connectivity index (χ3n) is 5.40. The average molecular weight is 495 g/mol. The van der Waals surface area contributed by atoms with E-state index in [9.17, 15) is 13.2 Å². The number of rotatable bonds is 8. The molecule has 8 heteroatoms. The van der Waals surface area contributed by atoms with Crippen molar-refractivity contribution in [3.05, 3.63) is 102 Å². The van der Waals surface area contributed by atoms with Gasteiger partial charge in [-0.15, -0.1) is 0 Å². The second-order valence-corrected chi connectivity index (χ2v) is 9.83. The van der Waals surface area contributed by atoms with Crippen molar-refractivity contribution < 1.29 is 17.9 Å². The molecule has 0 heterocycles. The van der Waals surface area contributed by atoms with Crippen molar-refractivity contribution in [2.75, 3.05) is 18.0 Å². The summed E-state index contributed by atoms with van der Waals surface area (Å²) in [5, 5.41) is 5.18. The van der Waals surface area contributed by atoms with Gasteiger partial charge in [0.2, 0.25) is 5.91 Å². The van der Waals surface area contributed by atoms with E-state index in [4.69, 9.17) is 16.3 Å². The molecule has 4 rings (SSSR count). The Kier molecular flexibility index (Phi) is 7.05. The summed E-state index contributed by atoms with van der Waals surface area (Å²) in [5.74, 6) is -0.0396. The fourth-order valence-corrected chi connectivity index (χ4v) is 5.36. The molecule has 34 heavy (non-hydrogen) atoms. The standard InChI is InChI=1S/C26H23ClN2O4S/c1-33-25-15-14-21(16-24(25)27)29(34(31,32)22-11-3-2-4-12-22)18-26(30)28-17-20-10-7-9-19-8-5-6-13-23(19)20/h2-16H,17-18H2,1H3,(H,28,30). The summed E-state index contributed by atoms with van der Waals surface area (Å²) in [6, 6.07) is 26.3. The normalized spacial score (nSPS) is 11.2. The molecule has 0 aromatic heterocycles. The van der Waals surface area contributed by atoms with Crippen LogP contribution in [0, 0.1) is 0 Å². The Bertz CT molecular complexity index is 1420. The van der Waals surface area contributed by atoms with Gasteiger partial charge in [-0.3, -0.25) is 9.10 Å². The molecular weight excluding hydrogens is 472 g/mol. The zero-order chi connectivity index (χ0) is 24.1. The lowest BCUT2D eigenvalue weighted by atomic mass is 10.0. The molecular formula is C26H23ClN2O4S. The summed E-state index contributed by atoms with van der Waals surface area (Å²) in [6.07, 6.45) is 0. The van der Waals surface area contributed by atoms with Crippen LogP contribution in [-0.4, -0.2) is 28.0 Å². The molecule has 0 aliphatic rings. The third kappa shape index (κ3) is 5.00. The van der Waals surface area contributed by atoms with Crippen LogP contribution in [0.2, 0.25) is 5.02 Å². The quantitative estimate of drug-likeness (QED) is 0.373. The highest BCUT2D eigenvalue weighted by atomic mass is 35.5. The largest absolute Gasteiger partial charge is 0.495 e.